The first-order valence-corrected chi connectivity index (χ1v) is 11.6. The van der Waals surface area contributed by atoms with Crippen LogP contribution < -0.4 is 14.8 Å². The molecule has 33 heavy (non-hydrogen) atoms. The molecule has 5 nitrogen and oxygen atoms in total. The molecular formula is C28H30N2O3. The number of carbonyl (C=O) groups is 1. The smallest absolute Gasteiger partial charge is 0.258 e. The Bertz CT molecular complexity index is 1030. The summed E-state index contributed by atoms with van der Waals surface area (Å²) in [5.74, 6) is 1.43. The van der Waals surface area contributed by atoms with Gasteiger partial charge >= 0.3 is 0 Å². The molecule has 0 aliphatic heterocycles. The predicted octanol–water partition coefficient (Wildman–Crippen LogP) is 5.84. The molecule has 3 aromatic carbocycles. The maximum Gasteiger partial charge on any atom is 0.258 e. The zero-order chi connectivity index (χ0) is 22.7. The van der Waals surface area contributed by atoms with Crippen molar-refractivity contribution < 1.29 is 14.3 Å². The molecule has 0 aromatic heterocycles. The van der Waals surface area contributed by atoms with Gasteiger partial charge in [0.05, 0.1) is 5.69 Å². The topological polar surface area (TPSA) is 59.9 Å². The quantitative estimate of drug-likeness (QED) is 0.423. The monoisotopic (exact) mass is 442 g/mol. The van der Waals surface area contributed by atoms with Crippen molar-refractivity contribution in [2.45, 2.75) is 44.8 Å². The van der Waals surface area contributed by atoms with Crippen molar-refractivity contribution in [2.24, 2.45) is 4.99 Å². The van der Waals surface area contributed by atoms with Crippen LogP contribution >= 0.6 is 0 Å². The highest BCUT2D eigenvalue weighted by atomic mass is 16.5. The molecule has 0 spiro atoms. The summed E-state index contributed by atoms with van der Waals surface area (Å²) in [6.45, 7) is 0.586. The number of aliphatic imine (C=N–C) groups is 1. The van der Waals surface area contributed by atoms with E-state index in [-0.39, 0.29) is 12.5 Å². The van der Waals surface area contributed by atoms with Gasteiger partial charge < -0.3 is 14.8 Å². The first-order chi connectivity index (χ1) is 16.2. The van der Waals surface area contributed by atoms with Crippen molar-refractivity contribution in [1.29, 1.82) is 0 Å². The Kier molecular flexibility index (Phi) is 8.12. The molecule has 0 bridgehead atoms. The molecular weight excluding hydrogens is 412 g/mol. The van der Waals surface area contributed by atoms with Crippen LogP contribution in [0.5, 0.6) is 11.5 Å². The molecule has 0 saturated heterocycles. The predicted molar refractivity (Wildman–Crippen MR) is 131 cm³/mol. The van der Waals surface area contributed by atoms with Crippen molar-refractivity contribution in [3.05, 3.63) is 90.0 Å². The molecule has 1 amide bonds. The molecule has 170 valence electrons. The molecule has 1 aliphatic carbocycles. The van der Waals surface area contributed by atoms with Crippen LogP contribution in [0.3, 0.4) is 0 Å². The first-order valence-electron chi connectivity index (χ1n) is 11.6. The fourth-order valence-electron chi connectivity index (χ4n) is 3.83. The lowest BCUT2D eigenvalue weighted by Gasteiger charge is -2.22. The van der Waals surface area contributed by atoms with E-state index in [9.17, 15) is 4.79 Å². The van der Waals surface area contributed by atoms with Crippen molar-refractivity contribution >= 4 is 17.8 Å². The fourth-order valence-corrected chi connectivity index (χ4v) is 3.83. The average molecular weight is 443 g/mol. The maximum atomic E-state index is 12.1. The van der Waals surface area contributed by atoms with Crippen molar-refractivity contribution in [3.8, 4) is 11.5 Å². The molecule has 1 saturated carbocycles. The van der Waals surface area contributed by atoms with Gasteiger partial charge in [0.2, 0.25) is 0 Å². The van der Waals surface area contributed by atoms with Crippen LogP contribution in [-0.2, 0) is 11.4 Å². The highest BCUT2D eigenvalue weighted by Gasteiger charge is 2.15. The van der Waals surface area contributed by atoms with E-state index in [1.54, 1.807) is 6.21 Å². The molecule has 1 aliphatic rings. The Morgan fingerprint density at radius 1 is 0.848 bits per heavy atom. The van der Waals surface area contributed by atoms with E-state index in [4.69, 9.17) is 9.47 Å². The fraction of sp³-hybridized carbons (Fsp3) is 0.286. The van der Waals surface area contributed by atoms with Crippen LogP contribution in [0.2, 0.25) is 0 Å². The van der Waals surface area contributed by atoms with Crippen LogP contribution in [-0.4, -0.2) is 24.8 Å². The number of nitrogens with one attached hydrogen (secondary N) is 1. The number of hydrogen-bond acceptors (Lipinski definition) is 4. The van der Waals surface area contributed by atoms with Crippen molar-refractivity contribution in [1.82, 2.24) is 5.32 Å². The number of benzene rings is 3. The van der Waals surface area contributed by atoms with Gasteiger partial charge in [0.15, 0.2) is 6.61 Å². The summed E-state index contributed by atoms with van der Waals surface area (Å²) in [6, 6.07) is 25.7. The van der Waals surface area contributed by atoms with Gasteiger partial charge in [-0.3, -0.25) is 9.79 Å². The summed E-state index contributed by atoms with van der Waals surface area (Å²) < 4.78 is 11.4. The summed E-state index contributed by atoms with van der Waals surface area (Å²) in [5, 5.41) is 3.06. The second-order valence-corrected chi connectivity index (χ2v) is 8.29. The second-order valence-electron chi connectivity index (χ2n) is 8.29. The third kappa shape index (κ3) is 7.49. The lowest BCUT2D eigenvalue weighted by molar-refractivity contribution is -0.124. The van der Waals surface area contributed by atoms with Crippen LogP contribution in [0.25, 0.3) is 0 Å². The third-order valence-electron chi connectivity index (χ3n) is 5.67. The molecule has 1 N–H and O–H groups in total. The molecule has 0 atom stereocenters. The molecule has 0 heterocycles. The molecule has 3 aromatic rings. The van der Waals surface area contributed by atoms with E-state index in [2.05, 4.69) is 10.3 Å². The van der Waals surface area contributed by atoms with Gasteiger partial charge in [-0.25, -0.2) is 0 Å². The van der Waals surface area contributed by atoms with Crippen LogP contribution in [0.1, 0.15) is 43.2 Å². The Morgan fingerprint density at radius 3 is 2.24 bits per heavy atom. The number of nitrogens with zero attached hydrogens (tertiary/aromatic N) is 1. The molecule has 0 radical (unpaired) electrons. The normalized spacial score (nSPS) is 14.2. The summed E-state index contributed by atoms with van der Waals surface area (Å²) in [7, 11) is 0. The largest absolute Gasteiger partial charge is 0.489 e. The van der Waals surface area contributed by atoms with Crippen molar-refractivity contribution in [2.75, 3.05) is 6.61 Å². The number of carbonyl (C=O) groups excluding carboxylic acids is 1. The van der Waals surface area contributed by atoms with Gasteiger partial charge in [0.1, 0.15) is 18.1 Å². The van der Waals surface area contributed by atoms with Crippen LogP contribution in [0.4, 0.5) is 5.69 Å². The number of ether oxygens (including phenoxy) is 2. The summed E-state index contributed by atoms with van der Waals surface area (Å²) >= 11 is 0. The maximum absolute atomic E-state index is 12.1. The van der Waals surface area contributed by atoms with E-state index in [0.29, 0.717) is 18.4 Å². The highest BCUT2D eigenvalue weighted by molar-refractivity contribution is 5.82. The Hall–Kier alpha value is -3.60. The van der Waals surface area contributed by atoms with E-state index >= 15 is 0 Å². The van der Waals surface area contributed by atoms with Gasteiger partial charge in [-0.15, -0.1) is 0 Å². The van der Waals surface area contributed by atoms with Gasteiger partial charge in [-0.05, 0) is 72.5 Å². The zero-order valence-corrected chi connectivity index (χ0v) is 18.8. The minimum absolute atomic E-state index is 0.0443. The Morgan fingerprint density at radius 2 is 1.52 bits per heavy atom. The minimum atomic E-state index is -0.0521. The van der Waals surface area contributed by atoms with Gasteiger partial charge in [-0.2, -0.15) is 0 Å². The van der Waals surface area contributed by atoms with Crippen molar-refractivity contribution in [3.63, 3.8) is 0 Å². The van der Waals surface area contributed by atoms with E-state index in [1.807, 2.05) is 78.9 Å². The summed E-state index contributed by atoms with van der Waals surface area (Å²) in [6.07, 6.45) is 7.61. The van der Waals surface area contributed by atoms with Crippen LogP contribution in [0.15, 0.2) is 83.9 Å². The lowest BCUT2D eigenvalue weighted by Crippen LogP contribution is -2.38. The van der Waals surface area contributed by atoms with Gasteiger partial charge in [-0.1, -0.05) is 49.6 Å². The second kappa shape index (κ2) is 11.9. The minimum Gasteiger partial charge on any atom is -0.489 e. The SMILES string of the molecule is O=C(COc1ccc(C=Nc2ccc(OCc3ccccc3)cc2)cc1)NC1CCCCC1. The molecule has 0 unspecified atom stereocenters. The van der Waals surface area contributed by atoms with E-state index in [0.717, 1.165) is 35.4 Å². The van der Waals surface area contributed by atoms with Crippen LogP contribution in [0, 0.1) is 0 Å². The number of hydrogen-bond donors (Lipinski definition) is 1. The first kappa shape index (κ1) is 22.6. The zero-order valence-electron chi connectivity index (χ0n) is 18.8. The highest BCUT2D eigenvalue weighted by Crippen LogP contribution is 2.20. The van der Waals surface area contributed by atoms with E-state index in [1.165, 1.54) is 19.3 Å². The Balaban J connectivity index is 1.21. The molecule has 1 fully saturated rings. The third-order valence-corrected chi connectivity index (χ3v) is 5.67. The lowest BCUT2D eigenvalue weighted by atomic mass is 9.95. The molecule has 5 heteroatoms. The number of amides is 1. The molecule has 4 rings (SSSR count). The standard InChI is InChI=1S/C28H30N2O3/c31-28(30-25-9-5-2-6-10-25)21-33-26-15-11-22(12-16-26)19-29-24-13-17-27(18-14-24)32-20-23-7-3-1-4-8-23/h1,3-4,7-8,11-19,25H,2,5-6,9-10,20-21H2,(H,30,31). The van der Waals surface area contributed by atoms with E-state index < -0.39 is 0 Å². The number of rotatable bonds is 9. The summed E-state index contributed by atoms with van der Waals surface area (Å²) in [4.78, 5) is 16.6. The van der Waals surface area contributed by atoms with Gasteiger partial charge in [0.25, 0.3) is 5.91 Å². The Labute approximate surface area is 195 Å². The summed E-state index contributed by atoms with van der Waals surface area (Å²) in [5.41, 5.74) is 2.94. The average Bonchev–Trinajstić information content (AvgIpc) is 2.87. The van der Waals surface area contributed by atoms with Gasteiger partial charge in [0, 0.05) is 12.3 Å².